The van der Waals surface area contributed by atoms with Crippen LogP contribution in [0.2, 0.25) is 0 Å². The van der Waals surface area contributed by atoms with Crippen LogP contribution < -0.4 is 15.0 Å². The lowest BCUT2D eigenvalue weighted by atomic mass is 10.0. The summed E-state index contributed by atoms with van der Waals surface area (Å²) in [4.78, 5) is 31.5. The van der Waals surface area contributed by atoms with Crippen LogP contribution >= 0.6 is 0 Å². The fourth-order valence-corrected chi connectivity index (χ4v) is 3.39. The van der Waals surface area contributed by atoms with Crippen molar-refractivity contribution in [3.63, 3.8) is 0 Å². The molecule has 0 saturated carbocycles. The average molecular weight is 387 g/mol. The van der Waals surface area contributed by atoms with Crippen molar-refractivity contribution >= 4 is 17.5 Å². The first-order valence-electron chi connectivity index (χ1n) is 9.46. The number of carbonyl (C=O) groups is 2. The predicted molar refractivity (Wildman–Crippen MR) is 110 cm³/mol. The third-order valence-corrected chi connectivity index (χ3v) is 4.80. The van der Waals surface area contributed by atoms with E-state index in [0.717, 1.165) is 11.3 Å². The lowest BCUT2D eigenvalue weighted by Crippen LogP contribution is -2.49. The maximum Gasteiger partial charge on any atom is 0.268 e. The molecule has 29 heavy (non-hydrogen) atoms. The normalized spacial score (nSPS) is 16.5. The van der Waals surface area contributed by atoms with Gasteiger partial charge in [0, 0.05) is 6.20 Å². The van der Waals surface area contributed by atoms with Crippen LogP contribution in [-0.2, 0) is 9.59 Å². The Balaban J connectivity index is 1.58. The Morgan fingerprint density at radius 1 is 1.07 bits per heavy atom. The molecule has 2 atom stereocenters. The second-order valence-corrected chi connectivity index (χ2v) is 6.82. The van der Waals surface area contributed by atoms with Crippen LogP contribution in [0.4, 0.5) is 5.69 Å². The van der Waals surface area contributed by atoms with E-state index >= 15 is 0 Å². The fourth-order valence-electron chi connectivity index (χ4n) is 3.39. The van der Waals surface area contributed by atoms with E-state index in [0.29, 0.717) is 11.4 Å². The molecule has 1 aliphatic rings. The van der Waals surface area contributed by atoms with Crippen LogP contribution in [0.5, 0.6) is 5.75 Å². The van der Waals surface area contributed by atoms with Crippen LogP contribution in [0.25, 0.3) is 0 Å². The molecule has 3 aromatic rings. The first-order chi connectivity index (χ1) is 14.1. The van der Waals surface area contributed by atoms with Gasteiger partial charge in [0.05, 0.1) is 17.4 Å². The Hall–Kier alpha value is -3.67. The molecule has 6 heteroatoms. The minimum absolute atomic E-state index is 0.0975. The van der Waals surface area contributed by atoms with Crippen LogP contribution in [0.15, 0.2) is 79.0 Å². The van der Waals surface area contributed by atoms with E-state index < -0.39 is 12.1 Å². The van der Waals surface area contributed by atoms with Crippen molar-refractivity contribution in [1.82, 2.24) is 10.3 Å². The summed E-state index contributed by atoms with van der Waals surface area (Å²) in [5.74, 6) is 0.0754. The van der Waals surface area contributed by atoms with Crippen molar-refractivity contribution in [2.24, 2.45) is 0 Å². The molecule has 1 aromatic heterocycles. The van der Waals surface area contributed by atoms with E-state index in [2.05, 4.69) is 10.3 Å². The van der Waals surface area contributed by atoms with Crippen molar-refractivity contribution in [2.45, 2.75) is 19.1 Å². The SMILES string of the molecule is CC1Oc2ccccc2N(CC(=O)NC(c2ccccc2)c2ccccn2)C1=O. The summed E-state index contributed by atoms with van der Waals surface area (Å²) in [7, 11) is 0. The van der Waals surface area contributed by atoms with Gasteiger partial charge in [0.15, 0.2) is 6.10 Å². The van der Waals surface area contributed by atoms with Gasteiger partial charge in [0.2, 0.25) is 5.91 Å². The molecule has 0 spiro atoms. The highest BCUT2D eigenvalue weighted by atomic mass is 16.5. The number of carbonyl (C=O) groups excluding carboxylic acids is 2. The molecule has 0 radical (unpaired) electrons. The first kappa shape index (κ1) is 18.7. The van der Waals surface area contributed by atoms with Crippen molar-refractivity contribution in [1.29, 1.82) is 0 Å². The molecule has 0 bridgehead atoms. The monoisotopic (exact) mass is 387 g/mol. The maximum atomic E-state index is 13.0. The van der Waals surface area contributed by atoms with Gasteiger partial charge in [-0.3, -0.25) is 19.5 Å². The fraction of sp³-hybridized carbons (Fsp3) is 0.174. The number of benzene rings is 2. The van der Waals surface area contributed by atoms with Gasteiger partial charge >= 0.3 is 0 Å². The highest BCUT2D eigenvalue weighted by Gasteiger charge is 2.33. The smallest absolute Gasteiger partial charge is 0.268 e. The van der Waals surface area contributed by atoms with Crippen LogP contribution in [0.1, 0.15) is 24.2 Å². The van der Waals surface area contributed by atoms with Crippen LogP contribution in [-0.4, -0.2) is 29.4 Å². The summed E-state index contributed by atoms with van der Waals surface area (Å²) in [5, 5.41) is 3.03. The van der Waals surface area contributed by atoms with Gasteiger partial charge in [-0.1, -0.05) is 48.5 Å². The van der Waals surface area contributed by atoms with E-state index in [1.165, 1.54) is 4.90 Å². The highest BCUT2D eigenvalue weighted by molar-refractivity contribution is 6.03. The molecule has 2 amide bonds. The number of rotatable bonds is 5. The molecule has 0 saturated heterocycles. The number of pyridine rings is 1. The quantitative estimate of drug-likeness (QED) is 0.730. The van der Waals surface area contributed by atoms with E-state index in [1.807, 2.05) is 60.7 Å². The number of anilines is 1. The Labute approximate surface area is 169 Å². The molecule has 0 fully saturated rings. The Kier molecular flexibility index (Phi) is 5.24. The third-order valence-electron chi connectivity index (χ3n) is 4.80. The second-order valence-electron chi connectivity index (χ2n) is 6.82. The maximum absolute atomic E-state index is 13.0. The number of fused-ring (bicyclic) bond motifs is 1. The standard InChI is InChI=1S/C23H21N3O3/c1-16-23(28)26(19-12-5-6-13-20(19)29-16)15-21(27)25-22(17-9-3-2-4-10-17)18-11-7-8-14-24-18/h2-14,16,22H,15H2,1H3,(H,25,27). The summed E-state index contributed by atoms with van der Waals surface area (Å²) in [5.41, 5.74) is 2.25. The van der Waals surface area contributed by atoms with Crippen molar-refractivity contribution in [3.05, 3.63) is 90.3 Å². The number of nitrogens with zero attached hydrogens (tertiary/aromatic N) is 2. The zero-order chi connectivity index (χ0) is 20.2. The summed E-state index contributed by atoms with van der Waals surface area (Å²) in [6.07, 6.45) is 1.05. The van der Waals surface area contributed by atoms with Gasteiger partial charge in [0.1, 0.15) is 12.3 Å². The molecule has 2 heterocycles. The van der Waals surface area contributed by atoms with Gasteiger partial charge in [-0.15, -0.1) is 0 Å². The molecule has 1 aliphatic heterocycles. The van der Waals surface area contributed by atoms with E-state index in [-0.39, 0.29) is 18.4 Å². The molecule has 6 nitrogen and oxygen atoms in total. The number of ether oxygens (including phenoxy) is 1. The summed E-state index contributed by atoms with van der Waals surface area (Å²) in [6, 6.07) is 22.0. The number of hydrogen-bond acceptors (Lipinski definition) is 4. The summed E-state index contributed by atoms with van der Waals surface area (Å²) < 4.78 is 5.64. The van der Waals surface area contributed by atoms with Gasteiger partial charge < -0.3 is 10.1 Å². The van der Waals surface area contributed by atoms with E-state index in [9.17, 15) is 9.59 Å². The van der Waals surface area contributed by atoms with Crippen LogP contribution in [0.3, 0.4) is 0 Å². The van der Waals surface area contributed by atoms with Crippen LogP contribution in [0, 0.1) is 0 Å². The van der Waals surface area contributed by atoms with Gasteiger partial charge in [0.25, 0.3) is 5.91 Å². The summed E-state index contributed by atoms with van der Waals surface area (Å²) >= 11 is 0. The third kappa shape index (κ3) is 3.96. The molecular weight excluding hydrogens is 366 g/mol. The highest BCUT2D eigenvalue weighted by Crippen LogP contribution is 2.33. The largest absolute Gasteiger partial charge is 0.479 e. The van der Waals surface area contributed by atoms with E-state index in [1.54, 1.807) is 25.3 Å². The van der Waals surface area contributed by atoms with Gasteiger partial charge in [-0.05, 0) is 36.8 Å². The first-order valence-corrected chi connectivity index (χ1v) is 9.46. The molecular formula is C23H21N3O3. The number of nitrogens with one attached hydrogen (secondary N) is 1. The van der Waals surface area contributed by atoms with Gasteiger partial charge in [-0.25, -0.2) is 0 Å². The molecule has 2 unspecified atom stereocenters. The van der Waals surface area contributed by atoms with Crippen molar-refractivity contribution in [3.8, 4) is 5.75 Å². The Morgan fingerprint density at radius 3 is 2.55 bits per heavy atom. The number of hydrogen-bond donors (Lipinski definition) is 1. The number of amides is 2. The predicted octanol–water partition coefficient (Wildman–Crippen LogP) is 3.10. The Morgan fingerprint density at radius 2 is 1.79 bits per heavy atom. The zero-order valence-corrected chi connectivity index (χ0v) is 16.0. The molecule has 146 valence electrons. The van der Waals surface area contributed by atoms with Gasteiger partial charge in [-0.2, -0.15) is 0 Å². The molecule has 4 rings (SSSR count). The summed E-state index contributed by atoms with van der Waals surface area (Å²) in [6.45, 7) is 1.59. The number of para-hydroxylation sites is 2. The molecule has 0 aliphatic carbocycles. The molecule has 1 N–H and O–H groups in total. The van der Waals surface area contributed by atoms with Crippen molar-refractivity contribution in [2.75, 3.05) is 11.4 Å². The number of aromatic nitrogens is 1. The zero-order valence-electron chi connectivity index (χ0n) is 16.0. The minimum Gasteiger partial charge on any atom is -0.479 e. The average Bonchev–Trinajstić information content (AvgIpc) is 2.76. The topological polar surface area (TPSA) is 71.5 Å². The lowest BCUT2D eigenvalue weighted by molar-refractivity contribution is -0.128. The Bertz CT molecular complexity index is 969. The minimum atomic E-state index is -0.640. The van der Waals surface area contributed by atoms with Crippen molar-refractivity contribution < 1.29 is 14.3 Å². The van der Waals surface area contributed by atoms with E-state index in [4.69, 9.17) is 4.74 Å². The second kappa shape index (κ2) is 8.14. The lowest BCUT2D eigenvalue weighted by Gasteiger charge is -2.32. The molecule has 2 aromatic carbocycles.